The van der Waals surface area contributed by atoms with Crippen molar-refractivity contribution in [3.05, 3.63) is 0 Å². The second kappa shape index (κ2) is 23.0. The molecule has 34 valence electrons. The molecule has 0 saturated carbocycles. The number of halogens is 1. The van der Waals surface area contributed by atoms with Crippen molar-refractivity contribution < 1.29 is 23.0 Å². The van der Waals surface area contributed by atoms with Crippen LogP contribution in [0.25, 0.3) is 0 Å². The van der Waals surface area contributed by atoms with Crippen molar-refractivity contribution in [2.75, 3.05) is 0 Å². The monoisotopic (exact) mass is 184 g/mol. The molecular formula is C2H3ClOPd. The minimum atomic E-state index is 1.32. The molecule has 0 aliphatic rings. The van der Waals surface area contributed by atoms with Crippen LogP contribution in [0, 0.1) is 0 Å². The SMILES string of the molecule is C[C-]=O.[Cl][Pd+]. The summed E-state index contributed by atoms with van der Waals surface area (Å²) in [4.78, 5) is 8.68. The number of carbonyl (C=O) groups excluding carboxylic acids is 1. The van der Waals surface area contributed by atoms with Crippen LogP contribution in [0.3, 0.4) is 0 Å². The van der Waals surface area contributed by atoms with Gasteiger partial charge in [0.1, 0.15) is 0 Å². The summed E-state index contributed by atoms with van der Waals surface area (Å²) in [5.41, 5.74) is 0. The van der Waals surface area contributed by atoms with Crippen molar-refractivity contribution in [2.45, 2.75) is 6.92 Å². The Bertz CT molecular complexity index is 17.1. The summed E-state index contributed by atoms with van der Waals surface area (Å²) in [7, 11) is 4.49. The van der Waals surface area contributed by atoms with Crippen LogP contribution >= 0.6 is 9.53 Å². The fourth-order valence-electron chi connectivity index (χ4n) is 0. The fraction of sp³-hybridized carbons (Fsp3) is 0.500. The molecule has 0 N–H and O–H groups in total. The third kappa shape index (κ3) is 82.1. The predicted molar refractivity (Wildman–Crippen MR) is 17.2 cm³/mol. The summed E-state index contributed by atoms with van der Waals surface area (Å²) in [6.07, 6.45) is 1.50. The molecule has 0 spiro atoms. The molecule has 0 atom stereocenters. The van der Waals surface area contributed by atoms with E-state index < -0.39 is 0 Å². The van der Waals surface area contributed by atoms with Gasteiger partial charge >= 0.3 is 27.7 Å². The Morgan fingerprint density at radius 1 is 1.80 bits per heavy atom. The van der Waals surface area contributed by atoms with Crippen molar-refractivity contribution in [1.82, 2.24) is 0 Å². The Kier molecular flexibility index (Phi) is 42.2. The summed E-state index contributed by atoms with van der Waals surface area (Å²) in [6, 6.07) is 0. The topological polar surface area (TPSA) is 17.1 Å². The second-order valence-corrected chi connectivity index (χ2v) is 0.204. The van der Waals surface area contributed by atoms with Gasteiger partial charge in [0.15, 0.2) is 0 Å². The van der Waals surface area contributed by atoms with Crippen LogP contribution in [0.5, 0.6) is 0 Å². The van der Waals surface area contributed by atoms with Crippen LogP contribution < -0.4 is 0 Å². The fourth-order valence-corrected chi connectivity index (χ4v) is 0. The van der Waals surface area contributed by atoms with Crippen molar-refractivity contribution in [3.63, 3.8) is 0 Å². The van der Waals surface area contributed by atoms with Gasteiger partial charge < -0.3 is 4.79 Å². The molecule has 0 heterocycles. The van der Waals surface area contributed by atoms with E-state index in [-0.39, 0.29) is 0 Å². The molecule has 0 fully saturated rings. The molecule has 0 unspecified atom stereocenters. The van der Waals surface area contributed by atoms with Gasteiger partial charge in [-0.1, -0.05) is 0 Å². The quantitative estimate of drug-likeness (QED) is 0.403. The van der Waals surface area contributed by atoms with Gasteiger partial charge in [0, 0.05) is 0 Å². The zero-order chi connectivity index (χ0) is 4.71. The van der Waals surface area contributed by atoms with Crippen LogP contribution in [0.1, 0.15) is 6.92 Å². The first kappa shape index (κ1) is 9.16. The van der Waals surface area contributed by atoms with Gasteiger partial charge in [0.05, 0.1) is 0 Å². The minimum absolute atomic E-state index is 1.32. The maximum atomic E-state index is 8.68. The molecule has 0 amide bonds. The van der Waals surface area contributed by atoms with Gasteiger partial charge in [-0.25, -0.2) is 0 Å². The van der Waals surface area contributed by atoms with Crippen LogP contribution in [-0.4, -0.2) is 6.29 Å². The molecular weight excluding hydrogens is 182 g/mol. The molecule has 5 heavy (non-hydrogen) atoms. The number of rotatable bonds is 0. The zero-order valence-corrected chi connectivity index (χ0v) is 4.91. The van der Waals surface area contributed by atoms with Gasteiger partial charge in [0.25, 0.3) is 0 Å². The van der Waals surface area contributed by atoms with Gasteiger partial charge in [-0.15, -0.1) is 0 Å². The van der Waals surface area contributed by atoms with Crippen LogP contribution in [0.15, 0.2) is 0 Å². The number of hydrogen-bond donors (Lipinski definition) is 0. The predicted octanol–water partition coefficient (Wildman–Crippen LogP) is 0.803. The normalized spacial score (nSPS) is 4.00. The molecule has 1 nitrogen and oxygen atoms in total. The van der Waals surface area contributed by atoms with Crippen LogP contribution in [-0.2, 0) is 23.0 Å². The van der Waals surface area contributed by atoms with E-state index in [1.165, 1.54) is 13.2 Å². The van der Waals surface area contributed by atoms with E-state index in [0.29, 0.717) is 0 Å². The van der Waals surface area contributed by atoms with Gasteiger partial charge in [-0.3, -0.25) is 6.29 Å². The average molecular weight is 185 g/mol. The molecule has 0 aliphatic heterocycles. The van der Waals surface area contributed by atoms with Gasteiger partial charge in [0.2, 0.25) is 0 Å². The van der Waals surface area contributed by atoms with E-state index in [4.69, 9.17) is 4.79 Å². The molecule has 0 aromatic heterocycles. The Balaban J connectivity index is 0. The van der Waals surface area contributed by atoms with E-state index in [0.717, 1.165) is 0 Å². The van der Waals surface area contributed by atoms with Crippen molar-refractivity contribution in [3.8, 4) is 0 Å². The van der Waals surface area contributed by atoms with Crippen LogP contribution in [0.4, 0.5) is 0 Å². The van der Waals surface area contributed by atoms with E-state index in [9.17, 15) is 0 Å². The Hall–Kier alpha value is 0.622. The third-order valence-corrected chi connectivity index (χ3v) is 0. The standard InChI is InChI=1S/C2H3O.ClH.Pd/c1-2-3;;/h1H3;1H;/q-1;;+2/p-1. The summed E-state index contributed by atoms with van der Waals surface area (Å²) in [6.45, 7) is 1.32. The molecule has 0 aromatic carbocycles. The molecule has 0 radical (unpaired) electrons. The van der Waals surface area contributed by atoms with E-state index >= 15 is 0 Å². The van der Waals surface area contributed by atoms with E-state index in [1.807, 2.05) is 0 Å². The summed E-state index contributed by atoms with van der Waals surface area (Å²) < 4.78 is 0. The summed E-state index contributed by atoms with van der Waals surface area (Å²) in [5.74, 6) is 0. The van der Waals surface area contributed by atoms with E-state index in [2.05, 4.69) is 27.7 Å². The summed E-state index contributed by atoms with van der Waals surface area (Å²) >= 11 is 2.22. The maximum absolute atomic E-state index is 8.68. The molecule has 0 bridgehead atoms. The second-order valence-electron chi connectivity index (χ2n) is 0.204. The first-order valence-corrected chi connectivity index (χ1v) is 2.83. The first-order valence-electron chi connectivity index (χ1n) is 0.824. The molecule has 3 heteroatoms. The Morgan fingerprint density at radius 2 is 1.80 bits per heavy atom. The van der Waals surface area contributed by atoms with E-state index in [1.54, 1.807) is 0 Å². The Morgan fingerprint density at radius 3 is 1.80 bits per heavy atom. The average Bonchev–Trinajstić information content (AvgIpc) is 1.46. The van der Waals surface area contributed by atoms with Crippen molar-refractivity contribution in [2.24, 2.45) is 0 Å². The van der Waals surface area contributed by atoms with Gasteiger partial charge in [-0.05, 0) is 0 Å². The molecule has 0 aliphatic carbocycles. The molecule has 0 rings (SSSR count). The Labute approximate surface area is 46.1 Å². The van der Waals surface area contributed by atoms with Crippen molar-refractivity contribution in [1.29, 1.82) is 0 Å². The molecule has 0 aromatic rings. The van der Waals surface area contributed by atoms with Crippen LogP contribution in [0.2, 0.25) is 0 Å². The molecule has 0 saturated heterocycles. The van der Waals surface area contributed by atoms with Crippen molar-refractivity contribution >= 4 is 15.8 Å². The first-order chi connectivity index (χ1) is 2.41. The zero-order valence-electron chi connectivity index (χ0n) is 2.60. The number of hydrogen-bond acceptors (Lipinski definition) is 1. The summed E-state index contributed by atoms with van der Waals surface area (Å²) in [5, 5.41) is 0. The third-order valence-electron chi connectivity index (χ3n) is 0. The van der Waals surface area contributed by atoms with Gasteiger partial charge in [-0.2, -0.15) is 6.92 Å².